The van der Waals surface area contributed by atoms with Gasteiger partial charge in [-0.15, -0.1) is 0 Å². The number of carbonyl (C=O) groups is 2. The molecule has 0 aliphatic rings. The molecule has 0 unspecified atom stereocenters. The molecular formula is C18H17Cl2NO4. The molecule has 0 bridgehead atoms. The van der Waals surface area contributed by atoms with Crippen molar-refractivity contribution in [2.45, 2.75) is 19.8 Å². The predicted molar refractivity (Wildman–Crippen MR) is 98.2 cm³/mol. The summed E-state index contributed by atoms with van der Waals surface area (Å²) in [5.74, 6) is -1.04. The van der Waals surface area contributed by atoms with Crippen molar-refractivity contribution >= 4 is 40.8 Å². The normalized spacial score (nSPS) is 10.4. The van der Waals surface area contributed by atoms with Gasteiger partial charge in [-0.2, -0.15) is 0 Å². The minimum atomic E-state index is -1.21. The molecule has 7 heteroatoms. The highest BCUT2D eigenvalue weighted by molar-refractivity contribution is 6.38. The number of rotatable bonds is 7. The summed E-state index contributed by atoms with van der Waals surface area (Å²) in [4.78, 5) is 23.6. The maximum absolute atomic E-state index is 12.4. The molecule has 0 radical (unpaired) electrons. The fraction of sp³-hybridized carbons (Fsp3) is 0.222. The lowest BCUT2D eigenvalue weighted by Gasteiger charge is -2.11. The van der Waals surface area contributed by atoms with Gasteiger partial charge in [0.05, 0.1) is 27.9 Å². The maximum Gasteiger partial charge on any atom is 0.337 e. The lowest BCUT2D eigenvalue weighted by atomic mass is 10.1. The van der Waals surface area contributed by atoms with Gasteiger partial charge in [0.1, 0.15) is 5.75 Å². The Bertz CT molecular complexity index is 793. The number of aromatic carboxylic acids is 1. The molecule has 1 amide bonds. The molecule has 5 nitrogen and oxygen atoms in total. The van der Waals surface area contributed by atoms with Gasteiger partial charge in [-0.25, -0.2) is 4.79 Å². The highest BCUT2D eigenvalue weighted by Gasteiger charge is 2.15. The zero-order valence-electron chi connectivity index (χ0n) is 13.5. The third-order valence-electron chi connectivity index (χ3n) is 3.40. The quantitative estimate of drug-likeness (QED) is 0.652. The van der Waals surface area contributed by atoms with Crippen LogP contribution in [0.15, 0.2) is 36.4 Å². The number of anilines is 1. The highest BCUT2D eigenvalue weighted by atomic mass is 35.5. The molecule has 132 valence electrons. The largest absolute Gasteiger partial charge is 0.494 e. The van der Waals surface area contributed by atoms with Gasteiger partial charge in [-0.05, 0) is 36.8 Å². The van der Waals surface area contributed by atoms with Crippen LogP contribution >= 0.6 is 23.2 Å². The third-order valence-corrected chi connectivity index (χ3v) is 4.02. The van der Waals surface area contributed by atoms with Crippen LogP contribution in [0.25, 0.3) is 0 Å². The summed E-state index contributed by atoms with van der Waals surface area (Å²) in [6.45, 7) is 2.64. The summed E-state index contributed by atoms with van der Waals surface area (Å²) in [6, 6.07) is 9.24. The van der Waals surface area contributed by atoms with Crippen LogP contribution in [-0.2, 0) is 0 Å². The zero-order valence-corrected chi connectivity index (χ0v) is 15.0. The molecule has 0 saturated carbocycles. The van der Waals surface area contributed by atoms with Crippen molar-refractivity contribution in [2.75, 3.05) is 11.9 Å². The molecule has 2 N–H and O–H groups in total. The van der Waals surface area contributed by atoms with Gasteiger partial charge < -0.3 is 15.2 Å². The molecule has 0 fully saturated rings. The molecule has 0 aromatic heterocycles. The number of hydrogen-bond acceptors (Lipinski definition) is 3. The second-order valence-corrected chi connectivity index (χ2v) is 6.12. The Morgan fingerprint density at radius 1 is 1.16 bits per heavy atom. The number of nitrogens with one attached hydrogen (secondary N) is 1. The van der Waals surface area contributed by atoms with Crippen molar-refractivity contribution in [3.63, 3.8) is 0 Å². The molecule has 2 aromatic carbocycles. The molecule has 0 saturated heterocycles. The summed E-state index contributed by atoms with van der Waals surface area (Å²) in [5, 5.41) is 11.9. The van der Waals surface area contributed by atoms with Crippen LogP contribution < -0.4 is 10.1 Å². The number of halogens is 2. The second-order valence-electron chi connectivity index (χ2n) is 5.30. The Balaban J connectivity index is 2.18. The number of unbranched alkanes of at least 4 members (excludes halogenated alkanes) is 1. The number of hydrogen-bond donors (Lipinski definition) is 2. The van der Waals surface area contributed by atoms with Crippen LogP contribution in [-0.4, -0.2) is 23.6 Å². The minimum Gasteiger partial charge on any atom is -0.494 e. The second kappa shape index (κ2) is 8.74. The van der Waals surface area contributed by atoms with Crippen LogP contribution in [0, 0.1) is 0 Å². The smallest absolute Gasteiger partial charge is 0.337 e. The van der Waals surface area contributed by atoms with E-state index in [0.29, 0.717) is 17.9 Å². The van der Waals surface area contributed by atoms with Gasteiger partial charge in [0, 0.05) is 5.56 Å². The number of amides is 1. The number of carboxylic acid groups (broad SMARTS) is 1. The number of carboxylic acids is 1. The Hall–Kier alpha value is -2.24. The molecule has 0 aliphatic carbocycles. The number of ether oxygens (including phenoxy) is 1. The van der Waals surface area contributed by atoms with E-state index in [4.69, 9.17) is 33.0 Å². The van der Waals surface area contributed by atoms with Crippen LogP contribution in [0.4, 0.5) is 5.69 Å². The molecule has 25 heavy (non-hydrogen) atoms. The minimum absolute atomic E-state index is 0.00169. The van der Waals surface area contributed by atoms with Gasteiger partial charge in [0.2, 0.25) is 0 Å². The van der Waals surface area contributed by atoms with Gasteiger partial charge in [-0.1, -0.05) is 42.6 Å². The molecule has 0 spiro atoms. The number of benzene rings is 2. The molecule has 2 aromatic rings. The Kier molecular flexibility index (Phi) is 6.67. The lowest BCUT2D eigenvalue weighted by molar-refractivity contribution is 0.0696. The first-order valence-corrected chi connectivity index (χ1v) is 8.44. The van der Waals surface area contributed by atoms with Crippen molar-refractivity contribution < 1.29 is 19.4 Å². The van der Waals surface area contributed by atoms with Gasteiger partial charge in [0.15, 0.2) is 0 Å². The first-order chi connectivity index (χ1) is 11.9. The van der Waals surface area contributed by atoms with E-state index in [0.717, 1.165) is 12.8 Å². The van der Waals surface area contributed by atoms with E-state index < -0.39 is 11.9 Å². The zero-order chi connectivity index (χ0) is 18.4. The van der Waals surface area contributed by atoms with Crippen molar-refractivity contribution in [2.24, 2.45) is 0 Å². The summed E-state index contributed by atoms with van der Waals surface area (Å²) >= 11 is 11.9. The molecule has 0 heterocycles. The first-order valence-electron chi connectivity index (χ1n) is 7.69. The van der Waals surface area contributed by atoms with E-state index in [1.807, 2.05) is 0 Å². The van der Waals surface area contributed by atoms with E-state index in [9.17, 15) is 9.59 Å². The summed E-state index contributed by atoms with van der Waals surface area (Å²) < 4.78 is 5.58. The summed E-state index contributed by atoms with van der Waals surface area (Å²) in [5.41, 5.74) is 0.403. The Morgan fingerprint density at radius 3 is 2.60 bits per heavy atom. The van der Waals surface area contributed by atoms with Crippen LogP contribution in [0.5, 0.6) is 5.75 Å². The average molecular weight is 382 g/mol. The van der Waals surface area contributed by atoms with Crippen molar-refractivity contribution in [3.05, 3.63) is 57.6 Å². The standard InChI is InChI=1S/C18H17Cl2NO4/c1-2-3-7-25-12-6-4-5-11(8-12)17(22)21-16-9-13(18(23)24)14(19)10-15(16)20/h4-6,8-10H,2-3,7H2,1H3,(H,21,22)(H,23,24). The highest BCUT2D eigenvalue weighted by Crippen LogP contribution is 2.30. The SMILES string of the molecule is CCCCOc1cccc(C(=O)Nc2cc(C(=O)O)c(Cl)cc2Cl)c1. The third kappa shape index (κ3) is 5.11. The van der Waals surface area contributed by atoms with E-state index in [2.05, 4.69) is 12.2 Å². The molecule has 0 aliphatic heterocycles. The summed E-state index contributed by atoms with van der Waals surface area (Å²) in [7, 11) is 0. The Morgan fingerprint density at radius 2 is 1.92 bits per heavy atom. The van der Waals surface area contributed by atoms with Crippen LogP contribution in [0.2, 0.25) is 10.0 Å². The van der Waals surface area contributed by atoms with E-state index in [1.165, 1.54) is 12.1 Å². The van der Waals surface area contributed by atoms with Gasteiger partial charge in [-0.3, -0.25) is 4.79 Å². The van der Waals surface area contributed by atoms with Crippen molar-refractivity contribution in [1.82, 2.24) is 0 Å². The number of carbonyl (C=O) groups excluding carboxylic acids is 1. The summed E-state index contributed by atoms with van der Waals surface area (Å²) in [6.07, 6.45) is 1.94. The van der Waals surface area contributed by atoms with Gasteiger partial charge >= 0.3 is 5.97 Å². The monoisotopic (exact) mass is 381 g/mol. The van der Waals surface area contributed by atoms with Crippen molar-refractivity contribution in [1.29, 1.82) is 0 Å². The lowest BCUT2D eigenvalue weighted by Crippen LogP contribution is -2.13. The molecular weight excluding hydrogens is 365 g/mol. The van der Waals surface area contributed by atoms with E-state index >= 15 is 0 Å². The van der Waals surface area contributed by atoms with Gasteiger partial charge in [0.25, 0.3) is 5.91 Å². The first kappa shape index (κ1) is 19.1. The topological polar surface area (TPSA) is 75.6 Å². The van der Waals surface area contributed by atoms with E-state index in [1.54, 1.807) is 24.3 Å². The molecule has 2 rings (SSSR count). The fourth-order valence-corrected chi connectivity index (χ4v) is 2.58. The molecule has 0 atom stereocenters. The van der Waals surface area contributed by atoms with Crippen LogP contribution in [0.1, 0.15) is 40.5 Å². The Labute approximate surface area is 155 Å². The predicted octanol–water partition coefficient (Wildman–Crippen LogP) is 5.12. The van der Waals surface area contributed by atoms with E-state index in [-0.39, 0.29) is 21.3 Å². The average Bonchev–Trinajstić information content (AvgIpc) is 2.57. The van der Waals surface area contributed by atoms with Crippen LogP contribution in [0.3, 0.4) is 0 Å². The van der Waals surface area contributed by atoms with Crippen molar-refractivity contribution in [3.8, 4) is 5.75 Å². The fourth-order valence-electron chi connectivity index (χ4n) is 2.06. The maximum atomic E-state index is 12.4.